The number of benzene rings is 6. The van der Waals surface area contributed by atoms with Crippen LogP contribution < -0.4 is 24.8 Å². The molecule has 3 heteroatoms. The smallest absolute Gasteiger partial charge is 1.00 e. The van der Waals surface area contributed by atoms with Crippen molar-refractivity contribution in [2.45, 2.75) is 19.3 Å². The van der Waals surface area contributed by atoms with Gasteiger partial charge in [0, 0.05) is 0 Å². The van der Waals surface area contributed by atoms with E-state index in [0.717, 1.165) is 0 Å². The van der Waals surface area contributed by atoms with E-state index in [-0.39, 0.29) is 56.4 Å². The van der Waals surface area contributed by atoms with Crippen molar-refractivity contribution < 1.29 is 51.0 Å². The van der Waals surface area contributed by atoms with Crippen LogP contribution >= 0.6 is 0 Å². The van der Waals surface area contributed by atoms with Crippen LogP contribution in [0.2, 0.25) is 0 Å². The first-order valence-electron chi connectivity index (χ1n) is 13.1. The van der Waals surface area contributed by atoms with Crippen LogP contribution in [0.25, 0.3) is 65.3 Å². The molecule has 4 aromatic carbocycles. The molecule has 0 saturated carbocycles. The summed E-state index contributed by atoms with van der Waals surface area (Å²) in [5.41, 5.74) is 8.06. The molecule has 4 aliphatic carbocycles. The van der Waals surface area contributed by atoms with Crippen molar-refractivity contribution in [1.29, 1.82) is 0 Å². The molecule has 0 atom stereocenters. The predicted molar refractivity (Wildman–Crippen MR) is 159 cm³/mol. The van der Waals surface area contributed by atoms with Gasteiger partial charge < -0.3 is 24.8 Å². The van der Waals surface area contributed by atoms with Crippen LogP contribution in [0.15, 0.2) is 121 Å². The van der Waals surface area contributed by atoms with E-state index in [2.05, 4.69) is 135 Å². The Morgan fingerprint density at radius 1 is 0.475 bits per heavy atom. The first kappa shape index (κ1) is 28.6. The van der Waals surface area contributed by atoms with Gasteiger partial charge in [0.1, 0.15) is 0 Å². The summed E-state index contributed by atoms with van der Waals surface area (Å²) in [6.07, 6.45) is 0. The van der Waals surface area contributed by atoms with E-state index in [1.807, 2.05) is 0 Å². The summed E-state index contributed by atoms with van der Waals surface area (Å²) in [5.74, 6) is 0. The van der Waals surface area contributed by atoms with Crippen molar-refractivity contribution in [1.82, 2.24) is 0 Å². The van der Waals surface area contributed by atoms with Crippen molar-refractivity contribution in [3.63, 3.8) is 0 Å². The normalized spacial score (nSPS) is 11.7. The van der Waals surface area contributed by atoms with Gasteiger partial charge in [-0.2, -0.15) is 0 Å². The van der Waals surface area contributed by atoms with Crippen LogP contribution in [0.5, 0.6) is 0 Å². The fourth-order valence-electron chi connectivity index (χ4n) is 6.81. The van der Waals surface area contributed by atoms with Crippen LogP contribution in [0, 0.1) is 0 Å². The Labute approximate surface area is 266 Å². The van der Waals surface area contributed by atoms with Crippen LogP contribution in [-0.4, -0.2) is 0 Å². The van der Waals surface area contributed by atoms with E-state index in [1.165, 1.54) is 76.5 Å². The van der Waals surface area contributed by atoms with E-state index in [9.17, 15) is 0 Å². The second kappa shape index (κ2) is 10.5. The second-order valence-electron chi connectivity index (χ2n) is 10.9. The molecule has 0 N–H and O–H groups in total. The standard InChI is InChI=1S/C37H26.2ClH.Zr/c1-37(2,33-21-19-31-29(33)17-15-25-13-11-23-7-3-5-9-27(23)35(25)31)34-22-20-32-30(34)18-16-26-14-12-24-8-4-6-10-28(24)36(26)32;;;/h3-22H,1-2H3;2*1H;/q-2;;;+4/p-2. The molecule has 0 spiro atoms. The van der Waals surface area contributed by atoms with E-state index in [1.54, 1.807) is 0 Å². The summed E-state index contributed by atoms with van der Waals surface area (Å²) >= 11 is 0. The summed E-state index contributed by atoms with van der Waals surface area (Å²) in [4.78, 5) is 0. The molecule has 0 bridgehead atoms. The maximum Gasteiger partial charge on any atom is 4.00 e. The summed E-state index contributed by atoms with van der Waals surface area (Å²) < 4.78 is 0. The minimum Gasteiger partial charge on any atom is -1.00 e. The number of halogens is 2. The van der Waals surface area contributed by atoms with Gasteiger partial charge in [-0.15, -0.1) is 47.2 Å². The summed E-state index contributed by atoms with van der Waals surface area (Å²) in [6.45, 7) is 4.77. The zero-order valence-electron chi connectivity index (χ0n) is 22.3. The minimum absolute atomic E-state index is 0. The molecule has 40 heavy (non-hydrogen) atoms. The zero-order valence-corrected chi connectivity index (χ0v) is 26.3. The molecule has 0 amide bonds. The number of hydrogen-bond donors (Lipinski definition) is 0. The molecule has 192 valence electrons. The second-order valence-corrected chi connectivity index (χ2v) is 10.9. The van der Waals surface area contributed by atoms with Crippen molar-refractivity contribution in [3.05, 3.63) is 132 Å². The molecule has 0 unspecified atom stereocenters. The molecule has 0 fully saturated rings. The Kier molecular flexibility index (Phi) is 7.47. The van der Waals surface area contributed by atoms with E-state index in [4.69, 9.17) is 0 Å². The molecule has 0 saturated heterocycles. The van der Waals surface area contributed by atoms with Crippen molar-refractivity contribution >= 4 is 43.1 Å². The van der Waals surface area contributed by atoms with Gasteiger partial charge >= 0.3 is 26.2 Å². The van der Waals surface area contributed by atoms with E-state index < -0.39 is 0 Å². The van der Waals surface area contributed by atoms with Gasteiger partial charge in [0.25, 0.3) is 0 Å². The van der Waals surface area contributed by atoms with Gasteiger partial charge in [-0.1, -0.05) is 154 Å². The van der Waals surface area contributed by atoms with Crippen LogP contribution in [-0.2, 0) is 31.6 Å². The van der Waals surface area contributed by atoms with E-state index >= 15 is 0 Å². The van der Waals surface area contributed by atoms with Gasteiger partial charge in [-0.3, -0.25) is 0 Å². The molecule has 8 rings (SSSR count). The number of fused-ring (bicyclic) bond motifs is 10. The van der Waals surface area contributed by atoms with Gasteiger partial charge in [0.05, 0.1) is 0 Å². The number of hydrogen-bond acceptors (Lipinski definition) is 0. The molecule has 0 aromatic heterocycles. The predicted octanol–water partition coefficient (Wildman–Crippen LogP) is 4.28. The molecule has 4 aromatic rings. The average molecular weight is 633 g/mol. The first-order valence-corrected chi connectivity index (χ1v) is 13.1. The fraction of sp³-hybridized carbons (Fsp3) is 0.0811. The monoisotopic (exact) mass is 630 g/mol. The first-order chi connectivity index (χ1) is 18.1. The quantitative estimate of drug-likeness (QED) is 0.197. The molecule has 0 radical (unpaired) electrons. The van der Waals surface area contributed by atoms with Crippen molar-refractivity contribution in [3.8, 4) is 22.3 Å². The van der Waals surface area contributed by atoms with Crippen molar-refractivity contribution in [2.75, 3.05) is 0 Å². The molecular weight excluding hydrogens is 607 g/mol. The SMILES string of the molecule is CC(C)(c1ccc2c3c(ccc4ccccc43)[cH-]cc1-2)c1ccc2c3c(ccc4ccccc43)[cH-]cc1-2.[Cl-].[Cl-].[Zr+4]. The van der Waals surface area contributed by atoms with Crippen molar-refractivity contribution in [2.24, 2.45) is 0 Å². The third-order valence-electron chi connectivity index (χ3n) is 8.66. The van der Waals surface area contributed by atoms with E-state index in [0.29, 0.717) is 0 Å². The third-order valence-corrected chi connectivity index (χ3v) is 8.66. The maximum absolute atomic E-state index is 2.39. The Hall–Kier alpha value is -2.96. The van der Waals surface area contributed by atoms with Crippen LogP contribution in [0.4, 0.5) is 0 Å². The van der Waals surface area contributed by atoms with Gasteiger partial charge in [0.15, 0.2) is 0 Å². The summed E-state index contributed by atoms with van der Waals surface area (Å²) in [5, 5.41) is 10.6. The molecule has 4 aliphatic rings. The molecule has 0 nitrogen and oxygen atoms in total. The largest absolute Gasteiger partial charge is 4.00 e. The molecule has 0 aliphatic heterocycles. The minimum atomic E-state index is -0.139. The Morgan fingerprint density at radius 2 is 0.900 bits per heavy atom. The summed E-state index contributed by atoms with van der Waals surface area (Å²) in [7, 11) is 0. The maximum atomic E-state index is 2.39. The summed E-state index contributed by atoms with van der Waals surface area (Å²) in [6, 6.07) is 45.2. The Morgan fingerprint density at radius 3 is 1.35 bits per heavy atom. The molecular formula is C37H26Cl2Zr. The van der Waals surface area contributed by atoms with Gasteiger partial charge in [-0.05, 0) is 16.2 Å². The van der Waals surface area contributed by atoms with Gasteiger partial charge in [-0.25, -0.2) is 0 Å². The molecule has 0 heterocycles. The number of rotatable bonds is 2. The zero-order chi connectivity index (χ0) is 24.7. The topological polar surface area (TPSA) is 0 Å². The Bertz CT molecular complexity index is 1930. The van der Waals surface area contributed by atoms with Crippen LogP contribution in [0.3, 0.4) is 0 Å². The Balaban J connectivity index is 0.00000108. The fourth-order valence-corrected chi connectivity index (χ4v) is 6.81. The van der Waals surface area contributed by atoms with Crippen LogP contribution in [0.1, 0.15) is 25.0 Å². The third kappa shape index (κ3) is 3.98. The van der Waals surface area contributed by atoms with Gasteiger partial charge in [0.2, 0.25) is 0 Å². The average Bonchev–Trinajstić information content (AvgIpc) is 3.58.